The number of carbonyl (C=O) groups excluding carboxylic acids is 2. The minimum Gasteiger partial charge on any atom is -0.463 e. The Balaban J connectivity index is 1.53. The topological polar surface area (TPSA) is 43.4 Å². The first-order valence-electron chi connectivity index (χ1n) is 13.8. The molecule has 33 heavy (non-hydrogen) atoms. The first-order chi connectivity index (χ1) is 15.5. The average Bonchev–Trinajstić information content (AvgIpc) is 3.09. The average molecular weight is 524 g/mol. The van der Waals surface area contributed by atoms with Gasteiger partial charge in [-0.25, -0.2) is 0 Å². The van der Waals surface area contributed by atoms with Gasteiger partial charge in [-0.3, -0.25) is 9.59 Å². The Morgan fingerprint density at radius 2 is 1.70 bits per heavy atom. The van der Waals surface area contributed by atoms with Crippen molar-refractivity contribution in [1.82, 2.24) is 0 Å². The number of hydrogen-bond donors (Lipinski definition) is 0. The molecular formula is C29H47BrO3. The number of esters is 1. The zero-order chi connectivity index (χ0) is 24.1. The molecule has 3 unspecified atom stereocenters. The monoisotopic (exact) mass is 522 g/mol. The second-order valence-electron chi connectivity index (χ2n) is 13.2. The van der Waals surface area contributed by atoms with Gasteiger partial charge < -0.3 is 4.74 Å². The molecule has 4 fully saturated rings. The van der Waals surface area contributed by atoms with Crippen molar-refractivity contribution in [2.24, 2.45) is 52.3 Å². The highest BCUT2D eigenvalue weighted by molar-refractivity contribution is 9.10. The molecule has 0 aliphatic heterocycles. The van der Waals surface area contributed by atoms with Crippen LogP contribution in [0.25, 0.3) is 0 Å². The van der Waals surface area contributed by atoms with Crippen molar-refractivity contribution < 1.29 is 14.3 Å². The van der Waals surface area contributed by atoms with Crippen LogP contribution in [0.3, 0.4) is 0 Å². The number of Topliss-reactive ketones (excluding diaryl/α,β-unsaturated/α-hetero) is 1. The lowest BCUT2D eigenvalue weighted by Gasteiger charge is -2.61. The third-order valence-electron chi connectivity index (χ3n) is 11.0. The maximum Gasteiger partial charge on any atom is 0.302 e. The van der Waals surface area contributed by atoms with Crippen LogP contribution in [0.1, 0.15) is 106 Å². The minimum atomic E-state index is -0.215. The molecule has 4 aliphatic carbocycles. The summed E-state index contributed by atoms with van der Waals surface area (Å²) in [6.45, 7) is 13.7. The first kappa shape index (κ1) is 25.7. The molecule has 0 spiro atoms. The van der Waals surface area contributed by atoms with Gasteiger partial charge in [0.2, 0.25) is 0 Å². The van der Waals surface area contributed by atoms with Crippen LogP contribution in [-0.4, -0.2) is 22.7 Å². The summed E-state index contributed by atoms with van der Waals surface area (Å²) in [5.41, 5.74) is 0.438. The van der Waals surface area contributed by atoms with Gasteiger partial charge in [-0.05, 0) is 91.3 Å². The van der Waals surface area contributed by atoms with E-state index in [1.165, 1.54) is 51.9 Å². The number of ketones is 1. The van der Waals surface area contributed by atoms with Gasteiger partial charge in [-0.1, -0.05) is 69.8 Å². The molecule has 188 valence electrons. The van der Waals surface area contributed by atoms with E-state index in [0.29, 0.717) is 29.0 Å². The Hall–Kier alpha value is -0.380. The molecule has 0 aromatic heterocycles. The lowest BCUT2D eigenvalue weighted by Crippen LogP contribution is -2.61. The summed E-state index contributed by atoms with van der Waals surface area (Å²) in [4.78, 5) is 25.3. The fraction of sp³-hybridized carbons (Fsp3) is 0.931. The van der Waals surface area contributed by atoms with Crippen LogP contribution in [-0.2, 0) is 14.3 Å². The standard InChI is InChI=1S/C29H47BrO3/c1-17(2)8-7-9-18(3)21-10-11-22-25-23(13-15-28(21,22)5)29(6)14-12-20(33-19(4)31)16-24(29)27(32)26(25)30/h17-18,20-26H,7-16H2,1-6H3/t18-,20?,21-,22+,23+,24?,25-,26?,28-,29-/m1/s1. The van der Waals surface area contributed by atoms with Crippen LogP contribution in [0.2, 0.25) is 0 Å². The summed E-state index contributed by atoms with van der Waals surface area (Å²) in [7, 11) is 0. The number of halogens is 1. The van der Waals surface area contributed by atoms with Gasteiger partial charge in [0.1, 0.15) is 6.10 Å². The van der Waals surface area contributed by atoms with Crippen LogP contribution in [0.15, 0.2) is 0 Å². The van der Waals surface area contributed by atoms with E-state index in [9.17, 15) is 9.59 Å². The summed E-state index contributed by atoms with van der Waals surface area (Å²) in [6, 6.07) is 0. The molecule has 3 nitrogen and oxygen atoms in total. The van der Waals surface area contributed by atoms with E-state index in [1.54, 1.807) is 0 Å². The summed E-state index contributed by atoms with van der Waals surface area (Å²) < 4.78 is 5.57. The fourth-order valence-corrected chi connectivity index (χ4v) is 10.4. The maximum atomic E-state index is 13.8. The highest BCUT2D eigenvalue weighted by atomic mass is 79.9. The fourth-order valence-electron chi connectivity index (χ4n) is 9.30. The number of carbonyl (C=O) groups is 2. The van der Waals surface area contributed by atoms with E-state index in [4.69, 9.17) is 4.74 Å². The molecule has 4 aliphatic rings. The molecule has 0 saturated heterocycles. The molecule has 0 amide bonds. The first-order valence-corrected chi connectivity index (χ1v) is 14.8. The predicted molar refractivity (Wildman–Crippen MR) is 137 cm³/mol. The smallest absolute Gasteiger partial charge is 0.302 e. The van der Waals surface area contributed by atoms with Crippen molar-refractivity contribution in [3.05, 3.63) is 0 Å². The van der Waals surface area contributed by atoms with E-state index >= 15 is 0 Å². The Morgan fingerprint density at radius 3 is 2.36 bits per heavy atom. The normalized spacial score (nSPS) is 45.8. The number of ether oxygens (including phenoxy) is 1. The largest absolute Gasteiger partial charge is 0.463 e. The molecule has 0 bridgehead atoms. The molecule has 4 saturated carbocycles. The van der Waals surface area contributed by atoms with E-state index in [0.717, 1.165) is 37.0 Å². The summed E-state index contributed by atoms with van der Waals surface area (Å²) in [6.07, 6.45) is 11.8. The van der Waals surface area contributed by atoms with Crippen molar-refractivity contribution in [3.8, 4) is 0 Å². The summed E-state index contributed by atoms with van der Waals surface area (Å²) in [5.74, 6) is 4.32. The number of rotatable bonds is 6. The highest BCUT2D eigenvalue weighted by Crippen LogP contribution is 2.68. The second kappa shape index (κ2) is 9.58. The molecule has 4 rings (SSSR count). The molecular weight excluding hydrogens is 476 g/mol. The van der Waals surface area contributed by atoms with Crippen LogP contribution < -0.4 is 0 Å². The van der Waals surface area contributed by atoms with Crippen molar-refractivity contribution >= 4 is 27.7 Å². The lowest BCUT2D eigenvalue weighted by atomic mass is 9.44. The zero-order valence-electron chi connectivity index (χ0n) is 21.9. The third-order valence-corrected chi connectivity index (χ3v) is 12.0. The Labute approximate surface area is 210 Å². The molecule has 10 atom stereocenters. The van der Waals surface area contributed by atoms with E-state index < -0.39 is 0 Å². The van der Waals surface area contributed by atoms with E-state index in [2.05, 4.69) is 50.5 Å². The number of alkyl halides is 1. The van der Waals surface area contributed by atoms with Gasteiger partial charge in [0, 0.05) is 12.8 Å². The molecule has 0 aromatic carbocycles. The van der Waals surface area contributed by atoms with Gasteiger partial charge in [-0.2, -0.15) is 0 Å². The van der Waals surface area contributed by atoms with Gasteiger partial charge in [0.05, 0.1) is 4.83 Å². The highest BCUT2D eigenvalue weighted by Gasteiger charge is 2.65. The maximum absolute atomic E-state index is 13.8. The summed E-state index contributed by atoms with van der Waals surface area (Å²) in [5, 5.41) is 0. The van der Waals surface area contributed by atoms with Crippen LogP contribution in [0, 0.1) is 52.3 Å². The molecule has 0 heterocycles. The van der Waals surface area contributed by atoms with Crippen LogP contribution in [0.4, 0.5) is 0 Å². The SMILES string of the molecule is CC(=O)OC1CC[C@@]2(C)C(C1)C(=O)C(Br)[C@@H]1[C@@H]3CC[C@H]([C@H](C)CCCC(C)C)[C@@]3(C)CC[C@@H]12. The van der Waals surface area contributed by atoms with Crippen molar-refractivity contribution in [1.29, 1.82) is 0 Å². The zero-order valence-corrected chi connectivity index (χ0v) is 23.5. The van der Waals surface area contributed by atoms with Crippen LogP contribution >= 0.6 is 15.9 Å². The van der Waals surface area contributed by atoms with Crippen molar-refractivity contribution in [2.45, 2.75) is 117 Å². The second-order valence-corrected chi connectivity index (χ2v) is 14.2. The molecule has 4 heteroatoms. The van der Waals surface area contributed by atoms with Gasteiger partial charge >= 0.3 is 5.97 Å². The number of fused-ring (bicyclic) bond motifs is 5. The quantitative estimate of drug-likeness (QED) is 0.266. The number of hydrogen-bond acceptors (Lipinski definition) is 3. The van der Waals surface area contributed by atoms with Crippen molar-refractivity contribution in [2.75, 3.05) is 0 Å². The van der Waals surface area contributed by atoms with Gasteiger partial charge in [0.15, 0.2) is 5.78 Å². The van der Waals surface area contributed by atoms with Crippen LogP contribution in [0.5, 0.6) is 0 Å². The Bertz CT molecular complexity index is 749. The van der Waals surface area contributed by atoms with Gasteiger partial charge in [0.25, 0.3) is 0 Å². The summed E-state index contributed by atoms with van der Waals surface area (Å²) >= 11 is 3.97. The van der Waals surface area contributed by atoms with E-state index in [-0.39, 0.29) is 28.2 Å². The Morgan fingerprint density at radius 1 is 1.03 bits per heavy atom. The van der Waals surface area contributed by atoms with Gasteiger partial charge in [-0.15, -0.1) is 0 Å². The third kappa shape index (κ3) is 4.49. The van der Waals surface area contributed by atoms with E-state index in [1.807, 2.05) is 0 Å². The van der Waals surface area contributed by atoms with Crippen molar-refractivity contribution in [3.63, 3.8) is 0 Å². The minimum absolute atomic E-state index is 0.0257. The predicted octanol–water partition coefficient (Wildman–Crippen LogP) is 7.59. The Kier molecular flexibility index (Phi) is 7.46. The lowest BCUT2D eigenvalue weighted by molar-refractivity contribution is -0.168. The molecule has 0 radical (unpaired) electrons. The molecule has 0 N–H and O–H groups in total. The molecule has 0 aromatic rings.